The second-order valence-electron chi connectivity index (χ2n) is 20.9. The van der Waals surface area contributed by atoms with E-state index < -0.39 is 71.9 Å². The average molecular weight is 1170 g/mol. The molecule has 0 aliphatic heterocycles. The van der Waals surface area contributed by atoms with Gasteiger partial charge in [0, 0.05) is 64.9 Å². The van der Waals surface area contributed by atoms with Crippen LogP contribution in [0.15, 0.2) is 0 Å². The largest absolute Gasteiger partial charge is 0.481 e. The van der Waals surface area contributed by atoms with Crippen molar-refractivity contribution in [2.24, 2.45) is 11.8 Å². The zero-order valence-electron chi connectivity index (χ0n) is 49.1. The lowest BCUT2D eigenvalue weighted by molar-refractivity contribution is -0.143. The molecule has 25 nitrogen and oxygen atoms in total. The maximum atomic E-state index is 13.1. The Bertz CT molecular complexity index is 1820. The van der Waals surface area contributed by atoms with Gasteiger partial charge in [0.05, 0.1) is 52.3 Å². The van der Waals surface area contributed by atoms with Gasteiger partial charge in [-0.25, -0.2) is 4.79 Å². The zero-order chi connectivity index (χ0) is 60.4. The highest BCUT2D eigenvalue weighted by Crippen LogP contribution is 2.29. The monoisotopic (exact) mass is 1170 g/mol. The molecular weight excluding hydrogens is 1070 g/mol. The highest BCUT2D eigenvalue weighted by Gasteiger charge is 2.30. The maximum Gasteiger partial charge on any atom is 0.326 e. The van der Waals surface area contributed by atoms with Crippen molar-refractivity contribution in [2.75, 3.05) is 92.7 Å². The molecule has 472 valence electrons. The number of carboxylic acid groups (broad SMARTS) is 3. The number of nitrogens with one attached hydrogen (secondary N) is 7. The van der Waals surface area contributed by atoms with Crippen LogP contribution < -0.4 is 37.2 Å². The molecule has 25 heteroatoms. The second-order valence-corrected chi connectivity index (χ2v) is 20.9. The van der Waals surface area contributed by atoms with E-state index >= 15 is 0 Å². The molecule has 0 aromatic carbocycles. The summed E-state index contributed by atoms with van der Waals surface area (Å²) in [6.45, 7) is 2.99. The summed E-state index contributed by atoms with van der Waals surface area (Å²) in [4.78, 5) is 121. The van der Waals surface area contributed by atoms with Crippen molar-refractivity contribution in [2.45, 2.75) is 198 Å². The van der Waals surface area contributed by atoms with Crippen LogP contribution in [-0.2, 0) is 71.6 Å². The molecule has 0 aromatic heterocycles. The zero-order valence-corrected chi connectivity index (χ0v) is 49.1. The molecule has 0 heterocycles. The van der Waals surface area contributed by atoms with Crippen LogP contribution in [0.4, 0.5) is 0 Å². The molecule has 1 aliphatic carbocycles. The summed E-state index contributed by atoms with van der Waals surface area (Å²) in [7, 11) is 1.56. The second kappa shape index (κ2) is 50.1. The molecule has 1 saturated carbocycles. The van der Waals surface area contributed by atoms with Gasteiger partial charge in [-0.2, -0.15) is 0 Å². The summed E-state index contributed by atoms with van der Waals surface area (Å²) in [6, 6.07) is -2.61. The van der Waals surface area contributed by atoms with Gasteiger partial charge >= 0.3 is 17.9 Å². The molecule has 7 amide bonds. The van der Waals surface area contributed by atoms with Crippen molar-refractivity contribution in [1.29, 1.82) is 0 Å². The lowest BCUT2D eigenvalue weighted by Crippen LogP contribution is -2.48. The lowest BCUT2D eigenvalue weighted by atomic mass is 9.81. The summed E-state index contributed by atoms with van der Waals surface area (Å²) < 4.78 is 26.5. The first-order valence-electron chi connectivity index (χ1n) is 30.0. The molecule has 0 saturated heterocycles. The standard InChI is InChI=1S/C57H101N7O18/c1-3-45(78-2)39-61-50(67)40-62-52(69)42-82-37-34-79-32-30-58-51(68)41-81-36-35-80-33-31-59-56(75)46(27-29-54(72)73)63-49(66)28-26-47(57(76)77)64-55(74)44-24-22-43(23-25-44)38-60-48(65)20-18-16-14-12-10-8-6-4-5-7-9-11-13-15-17-19-21-53(70)71/h43-47H,3-42H2,1-2H3,(H,58,68)(H,59,75)(H,60,65)(H,61,67)(H,62,69)(H,63,66)(H,64,74)(H,70,71)(H,72,73)(H,76,77)/t43?,44?,45?,46-,47-/m0/s1. The Hall–Kier alpha value is -5.50. The van der Waals surface area contributed by atoms with E-state index in [0.29, 0.717) is 45.2 Å². The van der Waals surface area contributed by atoms with E-state index in [1.54, 1.807) is 7.11 Å². The predicted octanol–water partition coefficient (Wildman–Crippen LogP) is 3.67. The van der Waals surface area contributed by atoms with Crippen LogP contribution in [-0.4, -0.2) is 185 Å². The number of hydrogen-bond acceptors (Lipinski definition) is 15. The van der Waals surface area contributed by atoms with Gasteiger partial charge in [0.1, 0.15) is 25.3 Å². The minimum atomic E-state index is -1.37. The first kappa shape index (κ1) is 74.5. The first-order chi connectivity index (χ1) is 39.5. The summed E-state index contributed by atoms with van der Waals surface area (Å²) in [5, 5.41) is 46.2. The van der Waals surface area contributed by atoms with E-state index in [-0.39, 0.29) is 122 Å². The summed E-state index contributed by atoms with van der Waals surface area (Å²) >= 11 is 0. The first-order valence-corrected chi connectivity index (χ1v) is 30.0. The summed E-state index contributed by atoms with van der Waals surface area (Å²) in [5.41, 5.74) is 0. The van der Waals surface area contributed by atoms with Gasteiger partial charge in [0.25, 0.3) is 0 Å². The Balaban J connectivity index is 2.18. The topological polar surface area (TPSA) is 362 Å². The van der Waals surface area contributed by atoms with Crippen LogP contribution in [0.5, 0.6) is 0 Å². The number of amides is 7. The van der Waals surface area contributed by atoms with E-state index in [9.17, 15) is 58.2 Å². The number of carbonyl (C=O) groups is 10. The Labute approximate surface area is 485 Å². The molecule has 1 unspecified atom stereocenters. The number of rotatable bonds is 54. The number of hydrogen-bond donors (Lipinski definition) is 10. The number of ether oxygens (including phenoxy) is 5. The van der Waals surface area contributed by atoms with Gasteiger partial charge in [0.2, 0.25) is 41.4 Å². The van der Waals surface area contributed by atoms with Gasteiger partial charge in [-0.15, -0.1) is 0 Å². The van der Waals surface area contributed by atoms with Crippen molar-refractivity contribution in [3.63, 3.8) is 0 Å². The average Bonchev–Trinajstić information content (AvgIpc) is 3.45. The van der Waals surface area contributed by atoms with E-state index in [0.717, 1.165) is 44.9 Å². The van der Waals surface area contributed by atoms with Gasteiger partial charge in [-0.05, 0) is 63.7 Å². The maximum absolute atomic E-state index is 13.1. The van der Waals surface area contributed by atoms with Crippen molar-refractivity contribution >= 4 is 59.3 Å². The molecule has 1 fully saturated rings. The van der Waals surface area contributed by atoms with E-state index in [4.69, 9.17) is 28.8 Å². The third kappa shape index (κ3) is 43.2. The molecule has 0 bridgehead atoms. The minimum absolute atomic E-state index is 0.00148. The molecule has 82 heavy (non-hydrogen) atoms. The molecule has 0 spiro atoms. The van der Waals surface area contributed by atoms with Crippen molar-refractivity contribution < 1.29 is 86.9 Å². The van der Waals surface area contributed by atoms with Gasteiger partial charge in [0.15, 0.2) is 0 Å². The third-order valence-electron chi connectivity index (χ3n) is 14.0. The SMILES string of the molecule is CCC(CNC(=O)CNC(=O)COCCOCCNC(=O)COCCOCCNC(=O)[C@H](CCC(=O)O)NC(=O)CC[C@H](NC(=O)C1CCC(CNC(=O)CCCCCCCCCCCCCCCCCCC(=O)O)CC1)C(=O)O)OC. The van der Waals surface area contributed by atoms with E-state index in [2.05, 4.69) is 37.2 Å². The Morgan fingerprint density at radius 1 is 0.463 bits per heavy atom. The van der Waals surface area contributed by atoms with Gasteiger partial charge < -0.3 is 76.2 Å². The highest BCUT2D eigenvalue weighted by atomic mass is 16.5. The fourth-order valence-electron chi connectivity index (χ4n) is 9.00. The Morgan fingerprint density at radius 2 is 0.951 bits per heavy atom. The number of aliphatic carboxylic acids is 3. The Morgan fingerprint density at radius 3 is 1.46 bits per heavy atom. The predicted molar refractivity (Wildman–Crippen MR) is 303 cm³/mol. The minimum Gasteiger partial charge on any atom is -0.481 e. The van der Waals surface area contributed by atoms with Crippen molar-refractivity contribution in [3.05, 3.63) is 0 Å². The van der Waals surface area contributed by atoms with Crippen LogP contribution in [0.2, 0.25) is 0 Å². The van der Waals surface area contributed by atoms with Crippen LogP contribution >= 0.6 is 0 Å². The molecule has 3 atom stereocenters. The Kier molecular flexibility index (Phi) is 45.5. The molecule has 1 aliphatic rings. The van der Waals surface area contributed by atoms with Crippen LogP contribution in [0.25, 0.3) is 0 Å². The quantitative estimate of drug-likeness (QED) is 0.0388. The summed E-state index contributed by atoms with van der Waals surface area (Å²) in [6.07, 6.45) is 20.9. The normalized spacial score (nSPS) is 15.0. The lowest BCUT2D eigenvalue weighted by Gasteiger charge is -2.28. The molecular formula is C57H101N7O18. The third-order valence-corrected chi connectivity index (χ3v) is 14.0. The fourth-order valence-corrected chi connectivity index (χ4v) is 9.00. The number of unbranched alkanes of at least 4 members (excludes halogenated alkanes) is 15. The summed E-state index contributed by atoms with van der Waals surface area (Å²) in [5.74, 6) is -6.39. The van der Waals surface area contributed by atoms with Gasteiger partial charge in [-0.3, -0.25) is 43.2 Å². The molecule has 0 aromatic rings. The smallest absolute Gasteiger partial charge is 0.326 e. The fraction of sp³-hybridized carbons (Fsp3) is 0.825. The van der Waals surface area contributed by atoms with Crippen LogP contribution in [0.1, 0.15) is 180 Å². The molecule has 10 N–H and O–H groups in total. The molecule has 0 radical (unpaired) electrons. The molecule has 1 rings (SSSR count). The number of methoxy groups -OCH3 is 1. The van der Waals surface area contributed by atoms with Crippen molar-refractivity contribution in [3.8, 4) is 0 Å². The van der Waals surface area contributed by atoms with Crippen LogP contribution in [0, 0.1) is 11.8 Å². The number of carboxylic acids is 3. The number of carbonyl (C=O) groups excluding carboxylic acids is 7. The van der Waals surface area contributed by atoms with Crippen molar-refractivity contribution in [1.82, 2.24) is 37.2 Å². The van der Waals surface area contributed by atoms with E-state index in [1.807, 2.05) is 6.92 Å². The highest BCUT2D eigenvalue weighted by molar-refractivity contribution is 5.89. The van der Waals surface area contributed by atoms with E-state index in [1.165, 1.54) is 64.2 Å². The van der Waals surface area contributed by atoms with Crippen LogP contribution in [0.3, 0.4) is 0 Å². The van der Waals surface area contributed by atoms with Gasteiger partial charge in [-0.1, -0.05) is 96.8 Å².